The number of hydrogen-bond donors (Lipinski definition) is 2. The highest BCUT2D eigenvalue weighted by Gasteiger charge is 2.71. The van der Waals surface area contributed by atoms with Crippen LogP contribution in [0.1, 0.15) is 56.2 Å². The lowest BCUT2D eigenvalue weighted by Gasteiger charge is -2.50. The van der Waals surface area contributed by atoms with E-state index in [0.29, 0.717) is 16.8 Å². The van der Waals surface area contributed by atoms with Gasteiger partial charge in [0.25, 0.3) is 11.8 Å². The van der Waals surface area contributed by atoms with E-state index in [0.717, 1.165) is 16.6 Å². The van der Waals surface area contributed by atoms with E-state index in [4.69, 9.17) is 0 Å². The molecular weight excluding hydrogens is 585 g/mol. The Labute approximate surface area is 266 Å². The molecule has 4 aliphatic rings. The average molecular weight is 622 g/mol. The van der Waals surface area contributed by atoms with E-state index in [2.05, 4.69) is 5.43 Å². The molecule has 2 saturated heterocycles. The lowest BCUT2D eigenvalue weighted by molar-refractivity contribution is -0.146. The first-order valence-corrected chi connectivity index (χ1v) is 15.7. The van der Waals surface area contributed by atoms with Crippen LogP contribution in [0.5, 0.6) is 5.75 Å². The molecule has 1 saturated carbocycles. The lowest BCUT2D eigenvalue weighted by atomic mass is 9.49. The number of hydrazine groups is 1. The minimum absolute atomic E-state index is 0.127. The van der Waals surface area contributed by atoms with Gasteiger partial charge in [0.1, 0.15) is 0 Å². The predicted octanol–water partition coefficient (Wildman–Crippen LogP) is 5.62. The van der Waals surface area contributed by atoms with Gasteiger partial charge in [-0.1, -0.05) is 71.8 Å². The zero-order valence-corrected chi connectivity index (χ0v) is 26.2. The highest BCUT2D eigenvalue weighted by molar-refractivity contribution is 6.13. The maximum Gasteiger partial charge on any atom is 0.260 e. The summed E-state index contributed by atoms with van der Waals surface area (Å²) in [5.74, 6) is -6.97. The van der Waals surface area contributed by atoms with Gasteiger partial charge >= 0.3 is 0 Å². The van der Waals surface area contributed by atoms with E-state index in [9.17, 15) is 19.5 Å². The van der Waals surface area contributed by atoms with Crippen molar-refractivity contribution in [3.63, 3.8) is 0 Å². The van der Waals surface area contributed by atoms with Crippen molar-refractivity contribution in [2.75, 3.05) is 5.43 Å². The Balaban J connectivity index is 1.47. The number of imide groups is 2. The Morgan fingerprint density at radius 1 is 0.870 bits per heavy atom. The minimum atomic E-state index is -1.58. The number of benzene rings is 3. The summed E-state index contributed by atoms with van der Waals surface area (Å²) in [6.45, 7) is 7.38. The van der Waals surface area contributed by atoms with Crippen molar-refractivity contribution in [2.45, 2.75) is 57.4 Å². The standard InChI is InChI=1S/C37H36FN3O5/c1-20-13-15-22(16-14-20)39-41-33(44)27-19-26-23(17-18-24-29(26)34(45)40(32(24)43)36(2,3)4)30(25-11-8-12-28(38)31(25)42)37(27,35(41)46)21-9-6-5-7-10-21/h5-17,24,26-27,29-30,39,42H,18-19H2,1-4H3. The van der Waals surface area contributed by atoms with Crippen LogP contribution in [0.2, 0.25) is 0 Å². The smallest absolute Gasteiger partial charge is 0.260 e. The van der Waals surface area contributed by atoms with E-state index in [1.165, 1.54) is 11.0 Å². The molecule has 0 bridgehead atoms. The molecule has 46 heavy (non-hydrogen) atoms. The number of fused-ring (bicyclic) bond motifs is 4. The highest BCUT2D eigenvalue weighted by atomic mass is 19.1. The molecule has 9 heteroatoms. The van der Waals surface area contributed by atoms with Gasteiger partial charge in [0.05, 0.1) is 28.9 Å². The lowest BCUT2D eigenvalue weighted by Crippen LogP contribution is -2.53. The molecule has 2 aliphatic carbocycles. The number of allylic oxidation sites excluding steroid dienone is 2. The van der Waals surface area contributed by atoms with Gasteiger partial charge in [0, 0.05) is 17.0 Å². The molecule has 0 radical (unpaired) electrons. The van der Waals surface area contributed by atoms with Crippen molar-refractivity contribution < 1.29 is 28.7 Å². The fraction of sp³-hybridized carbons (Fsp3) is 0.351. The molecule has 8 nitrogen and oxygen atoms in total. The topological polar surface area (TPSA) is 107 Å². The van der Waals surface area contributed by atoms with Crippen LogP contribution in [0.25, 0.3) is 0 Å². The van der Waals surface area contributed by atoms with Crippen molar-refractivity contribution >= 4 is 29.3 Å². The maximum absolute atomic E-state index is 15.2. The third-order valence-corrected chi connectivity index (χ3v) is 10.4. The van der Waals surface area contributed by atoms with Crippen LogP contribution in [0.4, 0.5) is 10.1 Å². The third-order valence-electron chi connectivity index (χ3n) is 10.4. The number of likely N-dealkylation sites (tertiary alicyclic amines) is 1. The van der Waals surface area contributed by atoms with Gasteiger partial charge in [-0.3, -0.25) is 29.5 Å². The number of nitrogens with zero attached hydrogens (tertiary/aromatic N) is 2. The Morgan fingerprint density at radius 3 is 2.24 bits per heavy atom. The number of nitrogens with one attached hydrogen (secondary N) is 1. The summed E-state index contributed by atoms with van der Waals surface area (Å²) in [5.41, 5.74) is 3.62. The molecule has 236 valence electrons. The largest absolute Gasteiger partial charge is 0.505 e. The molecular formula is C37H36FN3O5. The SMILES string of the molecule is Cc1ccc(NN2C(=O)C3CC4C(=CCC5C(=O)N(C(C)(C)C)C(=O)C54)C(c4cccc(F)c4O)C3(c3ccccc3)C2=O)cc1. The van der Waals surface area contributed by atoms with Gasteiger partial charge in [-0.05, 0) is 70.2 Å². The van der Waals surface area contributed by atoms with Gasteiger partial charge < -0.3 is 5.11 Å². The number of phenols is 1. The first kappa shape index (κ1) is 29.9. The molecule has 4 amide bonds. The quantitative estimate of drug-likeness (QED) is 0.289. The molecule has 3 fully saturated rings. The number of aryl methyl sites for hydroxylation is 1. The second kappa shape index (κ2) is 10.4. The molecule has 2 aliphatic heterocycles. The third kappa shape index (κ3) is 4.10. The number of aromatic hydroxyl groups is 1. The summed E-state index contributed by atoms with van der Waals surface area (Å²) in [5, 5.41) is 12.3. The molecule has 3 aromatic rings. The second-order valence-corrected chi connectivity index (χ2v) is 14.0. The number of carbonyl (C=O) groups excluding carboxylic acids is 4. The van der Waals surface area contributed by atoms with Crippen LogP contribution in [-0.2, 0) is 24.6 Å². The van der Waals surface area contributed by atoms with Crippen LogP contribution < -0.4 is 5.43 Å². The van der Waals surface area contributed by atoms with E-state index in [1.54, 1.807) is 42.5 Å². The number of halogens is 1. The number of hydrogen-bond acceptors (Lipinski definition) is 6. The molecule has 6 unspecified atom stereocenters. The van der Waals surface area contributed by atoms with Crippen LogP contribution in [-0.4, -0.2) is 44.2 Å². The van der Waals surface area contributed by atoms with Gasteiger partial charge in [0.2, 0.25) is 11.8 Å². The fourth-order valence-electron chi connectivity index (χ4n) is 8.52. The first-order valence-electron chi connectivity index (χ1n) is 15.7. The number of amides is 4. The van der Waals surface area contributed by atoms with Crippen molar-refractivity contribution in [1.29, 1.82) is 0 Å². The van der Waals surface area contributed by atoms with Gasteiger partial charge in [-0.2, -0.15) is 5.01 Å². The maximum atomic E-state index is 15.2. The number of para-hydroxylation sites is 1. The fourth-order valence-corrected chi connectivity index (χ4v) is 8.52. The summed E-state index contributed by atoms with van der Waals surface area (Å²) in [6, 6.07) is 20.4. The highest BCUT2D eigenvalue weighted by Crippen LogP contribution is 2.65. The molecule has 0 aromatic heterocycles. The van der Waals surface area contributed by atoms with E-state index in [1.807, 2.05) is 52.0 Å². The van der Waals surface area contributed by atoms with Gasteiger partial charge in [-0.25, -0.2) is 4.39 Å². The first-order chi connectivity index (χ1) is 21.9. The van der Waals surface area contributed by atoms with Gasteiger partial charge in [-0.15, -0.1) is 0 Å². The van der Waals surface area contributed by atoms with Crippen LogP contribution in [0.3, 0.4) is 0 Å². The van der Waals surface area contributed by atoms with E-state index < -0.39 is 63.9 Å². The predicted molar refractivity (Wildman–Crippen MR) is 168 cm³/mol. The molecule has 2 heterocycles. The zero-order valence-electron chi connectivity index (χ0n) is 26.2. The van der Waals surface area contributed by atoms with E-state index >= 15 is 9.18 Å². The Morgan fingerprint density at radius 2 is 1.57 bits per heavy atom. The van der Waals surface area contributed by atoms with Crippen molar-refractivity contribution in [1.82, 2.24) is 9.91 Å². The number of carbonyl (C=O) groups is 4. The molecule has 0 spiro atoms. The summed E-state index contributed by atoms with van der Waals surface area (Å²) < 4.78 is 15.2. The Bertz CT molecular complexity index is 1810. The number of rotatable bonds is 4. The Hall–Kier alpha value is -4.79. The average Bonchev–Trinajstić information content (AvgIpc) is 3.41. The van der Waals surface area contributed by atoms with Crippen LogP contribution in [0, 0.1) is 36.4 Å². The molecule has 2 N–H and O–H groups in total. The normalized spacial score (nSPS) is 29.0. The molecule has 6 atom stereocenters. The number of anilines is 1. The van der Waals surface area contributed by atoms with Crippen molar-refractivity contribution in [2.24, 2.45) is 23.7 Å². The minimum Gasteiger partial charge on any atom is -0.505 e. The monoisotopic (exact) mass is 621 g/mol. The summed E-state index contributed by atoms with van der Waals surface area (Å²) in [6.07, 6.45) is 2.28. The van der Waals surface area contributed by atoms with Gasteiger partial charge in [0.15, 0.2) is 11.6 Å². The van der Waals surface area contributed by atoms with Crippen LogP contribution >= 0.6 is 0 Å². The molecule has 3 aromatic carbocycles. The summed E-state index contributed by atoms with van der Waals surface area (Å²) in [4.78, 5) is 58.8. The number of phenolic OH excluding ortho intramolecular Hbond substituents is 1. The van der Waals surface area contributed by atoms with Crippen molar-refractivity contribution in [3.8, 4) is 5.75 Å². The summed E-state index contributed by atoms with van der Waals surface area (Å²) in [7, 11) is 0. The Kier molecular flexibility index (Phi) is 6.74. The second-order valence-electron chi connectivity index (χ2n) is 14.0. The van der Waals surface area contributed by atoms with Crippen molar-refractivity contribution in [3.05, 3.63) is 107 Å². The van der Waals surface area contributed by atoms with Crippen LogP contribution in [0.15, 0.2) is 84.4 Å². The molecule has 7 rings (SSSR count). The van der Waals surface area contributed by atoms with E-state index in [-0.39, 0.29) is 30.2 Å². The summed E-state index contributed by atoms with van der Waals surface area (Å²) >= 11 is 0. The zero-order chi connectivity index (χ0) is 32.7.